The van der Waals surface area contributed by atoms with Crippen molar-refractivity contribution in [2.75, 3.05) is 0 Å². The molecule has 0 unspecified atom stereocenters. The Bertz CT molecular complexity index is 1110. The number of rotatable bonds is 3. The predicted molar refractivity (Wildman–Crippen MR) is 110 cm³/mol. The second kappa shape index (κ2) is 6.03. The second-order valence-corrected chi connectivity index (χ2v) is 7.88. The van der Waals surface area contributed by atoms with Crippen molar-refractivity contribution in [1.82, 2.24) is 14.0 Å². The fraction of sp³-hybridized carbons (Fsp3) is 0.429. The SMILES string of the molecule is CCC1=C(C)C2=C(c3cncn3C)c3c(C)c(CC)c(C)n3[B-](F)(F)[N+]2=C1C. The van der Waals surface area contributed by atoms with Gasteiger partial charge in [-0.3, -0.25) is 0 Å². The average molecular weight is 384 g/mol. The number of halogens is 2. The Morgan fingerprint density at radius 2 is 1.79 bits per heavy atom. The van der Waals surface area contributed by atoms with Crippen LogP contribution in [0.3, 0.4) is 0 Å². The Balaban J connectivity index is 2.25. The summed E-state index contributed by atoms with van der Waals surface area (Å²) in [5.41, 5.74) is 8.22. The van der Waals surface area contributed by atoms with Gasteiger partial charge in [0.05, 0.1) is 23.8 Å². The Kier molecular flexibility index (Phi) is 4.07. The molecule has 0 spiro atoms. The first kappa shape index (κ1) is 18.9. The normalized spacial score (nSPS) is 18.3. The number of hydrogen-bond donors (Lipinski definition) is 0. The summed E-state index contributed by atoms with van der Waals surface area (Å²) in [6, 6.07) is 0. The summed E-state index contributed by atoms with van der Waals surface area (Å²) < 4.78 is 36.6. The molecule has 2 aromatic rings. The molecule has 0 saturated carbocycles. The van der Waals surface area contributed by atoms with E-state index in [1.165, 1.54) is 8.96 Å². The standard InChI is InChI=1S/C21H27BF2N4/c1-8-16-12(3)20-19(18-10-25-11-26(18)7)21-13(4)17(9-2)15(6)28(21)22(23,24)27(20)14(16)5/h10-11H,8-9H2,1-7H3. The first-order valence-corrected chi connectivity index (χ1v) is 9.95. The van der Waals surface area contributed by atoms with E-state index in [2.05, 4.69) is 4.98 Å². The Labute approximate surface area is 165 Å². The zero-order valence-electron chi connectivity index (χ0n) is 17.7. The van der Waals surface area contributed by atoms with Gasteiger partial charge in [-0.25, -0.2) is 4.98 Å². The predicted octanol–water partition coefficient (Wildman–Crippen LogP) is 4.61. The Morgan fingerprint density at radius 3 is 2.32 bits per heavy atom. The summed E-state index contributed by atoms with van der Waals surface area (Å²) in [6.07, 6.45) is 4.97. The summed E-state index contributed by atoms with van der Waals surface area (Å²) in [5.74, 6) is 0. The minimum absolute atomic E-state index is 0.638. The third-order valence-electron chi connectivity index (χ3n) is 6.57. The molecule has 0 amide bonds. The summed E-state index contributed by atoms with van der Waals surface area (Å²) in [5, 5.41) is 0. The van der Waals surface area contributed by atoms with Crippen LogP contribution in [0.15, 0.2) is 29.4 Å². The van der Waals surface area contributed by atoms with E-state index in [9.17, 15) is 0 Å². The molecule has 2 aliphatic heterocycles. The van der Waals surface area contributed by atoms with Crippen LogP contribution in [-0.2, 0) is 13.5 Å². The highest BCUT2D eigenvalue weighted by Gasteiger charge is 2.57. The first-order chi connectivity index (χ1) is 13.2. The van der Waals surface area contributed by atoms with Crippen molar-refractivity contribution < 1.29 is 13.1 Å². The van der Waals surface area contributed by atoms with Gasteiger partial charge in [-0.15, -0.1) is 0 Å². The van der Waals surface area contributed by atoms with Crippen LogP contribution >= 0.6 is 0 Å². The molecule has 2 aromatic heterocycles. The fourth-order valence-electron chi connectivity index (χ4n) is 5.32. The molecule has 7 heteroatoms. The largest absolute Gasteiger partial charge is 0.737 e. The lowest BCUT2D eigenvalue weighted by molar-refractivity contribution is -0.363. The number of imidazole rings is 1. The molecule has 0 aromatic carbocycles. The van der Waals surface area contributed by atoms with E-state index < -0.39 is 6.97 Å². The third-order valence-corrected chi connectivity index (χ3v) is 6.57. The molecule has 28 heavy (non-hydrogen) atoms. The van der Waals surface area contributed by atoms with Crippen molar-refractivity contribution in [1.29, 1.82) is 0 Å². The summed E-state index contributed by atoms with van der Waals surface area (Å²) >= 11 is 0. The molecule has 4 rings (SSSR count). The van der Waals surface area contributed by atoms with Gasteiger partial charge in [-0.2, -0.15) is 0 Å². The lowest BCUT2D eigenvalue weighted by Crippen LogP contribution is -2.51. The first-order valence-electron chi connectivity index (χ1n) is 9.95. The molecule has 0 fully saturated rings. The van der Waals surface area contributed by atoms with Gasteiger partial charge in [0.2, 0.25) is 0 Å². The van der Waals surface area contributed by atoms with Crippen molar-refractivity contribution in [3.8, 4) is 0 Å². The van der Waals surface area contributed by atoms with Gasteiger partial charge < -0.3 is 22.2 Å². The summed E-state index contributed by atoms with van der Waals surface area (Å²) in [7, 11) is 1.92. The Morgan fingerprint density at radius 1 is 1.11 bits per heavy atom. The molecule has 2 aliphatic rings. The van der Waals surface area contributed by atoms with Crippen molar-refractivity contribution in [2.45, 2.75) is 54.4 Å². The molecule has 0 aliphatic carbocycles. The topological polar surface area (TPSA) is 25.8 Å². The minimum atomic E-state index is -3.97. The lowest BCUT2D eigenvalue weighted by Gasteiger charge is -2.33. The van der Waals surface area contributed by atoms with Crippen LogP contribution < -0.4 is 0 Å². The lowest BCUT2D eigenvalue weighted by atomic mass is 9.85. The van der Waals surface area contributed by atoms with E-state index in [1.54, 1.807) is 12.5 Å². The Hall–Kier alpha value is -2.44. The van der Waals surface area contributed by atoms with Crippen molar-refractivity contribution >= 4 is 18.3 Å². The summed E-state index contributed by atoms with van der Waals surface area (Å²) in [6.45, 7) is 7.68. The third kappa shape index (κ3) is 2.10. The van der Waals surface area contributed by atoms with Crippen LogP contribution in [0.5, 0.6) is 0 Å². The number of hydrogen-bond acceptors (Lipinski definition) is 1. The van der Waals surface area contributed by atoms with Crippen molar-refractivity contribution in [3.63, 3.8) is 0 Å². The van der Waals surface area contributed by atoms with Crippen molar-refractivity contribution in [2.24, 2.45) is 7.05 Å². The number of nitrogens with zero attached hydrogens (tertiary/aromatic N) is 4. The molecule has 0 radical (unpaired) electrons. The number of allylic oxidation sites excluding steroid dienone is 2. The van der Waals surface area contributed by atoms with Crippen LogP contribution in [0.1, 0.15) is 62.3 Å². The van der Waals surface area contributed by atoms with Gasteiger partial charge in [0.25, 0.3) is 0 Å². The van der Waals surface area contributed by atoms with Crippen LogP contribution in [0.2, 0.25) is 0 Å². The van der Waals surface area contributed by atoms with Gasteiger partial charge in [0.1, 0.15) is 5.71 Å². The monoisotopic (exact) mass is 384 g/mol. The second-order valence-electron chi connectivity index (χ2n) is 7.88. The molecular formula is C21H27BF2N4. The zero-order chi connectivity index (χ0) is 20.5. The number of fused-ring (bicyclic) bond motifs is 2. The van der Waals surface area contributed by atoms with Gasteiger partial charge in [0.15, 0.2) is 5.70 Å². The molecule has 0 saturated heterocycles. The van der Waals surface area contributed by atoms with E-state index in [0.29, 0.717) is 22.8 Å². The fourth-order valence-corrected chi connectivity index (χ4v) is 5.32. The highest BCUT2D eigenvalue weighted by Crippen LogP contribution is 2.46. The van der Waals surface area contributed by atoms with Gasteiger partial charge in [-0.05, 0) is 50.4 Å². The molecule has 4 nitrogen and oxygen atoms in total. The highest BCUT2D eigenvalue weighted by molar-refractivity contribution is 6.58. The van der Waals surface area contributed by atoms with Crippen molar-refractivity contribution in [3.05, 3.63) is 57.6 Å². The molecular weight excluding hydrogens is 357 g/mol. The van der Waals surface area contributed by atoms with Crippen LogP contribution in [0.4, 0.5) is 8.63 Å². The van der Waals surface area contributed by atoms with Crippen LogP contribution in [-0.4, -0.2) is 31.2 Å². The van der Waals surface area contributed by atoms with E-state index in [1.807, 2.05) is 53.2 Å². The molecule has 0 bridgehead atoms. The van der Waals surface area contributed by atoms with E-state index in [4.69, 9.17) is 0 Å². The quantitative estimate of drug-likeness (QED) is 0.710. The van der Waals surface area contributed by atoms with E-state index in [0.717, 1.165) is 46.4 Å². The maximum atomic E-state index is 16.0. The smallest absolute Gasteiger partial charge is 0.393 e. The molecule has 0 atom stereocenters. The maximum absolute atomic E-state index is 16.0. The average Bonchev–Trinajstić information content (AvgIpc) is 3.24. The van der Waals surface area contributed by atoms with E-state index in [-0.39, 0.29) is 0 Å². The highest BCUT2D eigenvalue weighted by atomic mass is 19.2. The van der Waals surface area contributed by atoms with Gasteiger partial charge >= 0.3 is 6.97 Å². The molecule has 0 N–H and O–H groups in total. The van der Waals surface area contributed by atoms with Gasteiger partial charge in [0, 0.05) is 30.8 Å². The molecule has 148 valence electrons. The zero-order valence-corrected chi connectivity index (χ0v) is 17.7. The van der Waals surface area contributed by atoms with Gasteiger partial charge in [-0.1, -0.05) is 13.8 Å². The minimum Gasteiger partial charge on any atom is -0.393 e. The number of aromatic nitrogens is 3. The van der Waals surface area contributed by atoms with E-state index >= 15 is 8.63 Å². The summed E-state index contributed by atoms with van der Waals surface area (Å²) in [4.78, 5) is 4.28. The van der Waals surface area contributed by atoms with Crippen LogP contribution in [0.25, 0.3) is 5.57 Å². The maximum Gasteiger partial charge on any atom is 0.737 e. The van der Waals surface area contributed by atoms with Crippen LogP contribution in [0, 0.1) is 13.8 Å². The number of aryl methyl sites for hydroxylation is 1. The molecule has 4 heterocycles.